The Morgan fingerprint density at radius 2 is 2.05 bits per heavy atom. The molecule has 1 saturated carbocycles. The number of nitrogens with zero attached hydrogens (tertiary/aromatic N) is 2. The van der Waals surface area contributed by atoms with Crippen molar-refractivity contribution >= 4 is 34.7 Å². The smallest absolute Gasteiger partial charge is 0.338 e. The minimum Gasteiger partial charge on any atom is -0.466 e. The third-order valence-electron chi connectivity index (χ3n) is 6.61. The number of amidine groups is 1. The Hall–Kier alpha value is -2.44. The van der Waals surface area contributed by atoms with Gasteiger partial charge >= 0.3 is 5.97 Å². The van der Waals surface area contributed by atoms with Crippen molar-refractivity contribution < 1.29 is 28.2 Å². The van der Waals surface area contributed by atoms with Gasteiger partial charge in [-0.1, -0.05) is 17.7 Å². The Morgan fingerprint density at radius 1 is 1.30 bits per heavy atom. The van der Waals surface area contributed by atoms with Crippen LogP contribution in [-0.4, -0.2) is 61.4 Å². The summed E-state index contributed by atoms with van der Waals surface area (Å²) in [5.74, 6) is -2.54. The van der Waals surface area contributed by atoms with Crippen molar-refractivity contribution in [2.24, 2.45) is 10.9 Å². The number of carbonyl (C=O) groups excluding carboxylic acids is 1. The predicted molar refractivity (Wildman–Crippen MR) is 137 cm³/mol. The largest absolute Gasteiger partial charge is 0.466 e. The number of hydrogen-bond acceptors (Lipinski definition) is 9. The summed E-state index contributed by atoms with van der Waals surface area (Å²) >= 11 is 7.58. The molecule has 2 heterocycles. The predicted octanol–water partition coefficient (Wildman–Crippen LogP) is 3.75. The average Bonchev–Trinajstić information content (AvgIpc) is 3.45. The molecule has 8 nitrogen and oxygen atoms in total. The number of aliphatic hydroxyl groups excluding tert-OH is 1. The number of rotatable bonds is 9. The van der Waals surface area contributed by atoms with E-state index in [4.69, 9.17) is 21.1 Å². The Morgan fingerprint density at radius 3 is 2.70 bits per heavy atom. The monoisotopic (exact) mass is 554 g/mol. The molecule has 0 amide bonds. The number of hydrogen-bond donors (Lipinski definition) is 3. The summed E-state index contributed by atoms with van der Waals surface area (Å²) < 4.78 is 38.4. The number of ether oxygens (including phenoxy) is 2. The number of esters is 1. The van der Waals surface area contributed by atoms with Gasteiger partial charge in [0.05, 0.1) is 30.4 Å². The standard InChI is InChI=1S/C25H29ClF2N4O4S/c1-35-12-15(33)11-30-14-5-3-13(4-6-14)21-18(25(34)36-2)22(16-7-8-17(27)20(28)19(16)26)32-23(31-21)24-29-9-10-37-24/h7-10,13-15,22,30,33H,3-6,11-12H2,1-2H3,(H,31,32). The molecule has 1 aliphatic heterocycles. The molecular formula is C25H29ClF2N4O4S. The minimum atomic E-state index is -1.20. The molecule has 200 valence electrons. The minimum absolute atomic E-state index is 0.0481. The lowest BCUT2D eigenvalue weighted by molar-refractivity contribution is -0.136. The normalized spacial score (nSPS) is 22.9. The maximum atomic E-state index is 14.5. The summed E-state index contributed by atoms with van der Waals surface area (Å²) in [5.41, 5.74) is 0.995. The van der Waals surface area contributed by atoms with Gasteiger partial charge in [0.25, 0.3) is 0 Å². The van der Waals surface area contributed by atoms with Gasteiger partial charge < -0.3 is 25.2 Å². The number of methoxy groups -OCH3 is 2. The van der Waals surface area contributed by atoms with Crippen molar-refractivity contribution in [1.29, 1.82) is 0 Å². The van der Waals surface area contributed by atoms with Gasteiger partial charge in [-0.2, -0.15) is 0 Å². The molecule has 0 bridgehead atoms. The number of aliphatic imine (C=N–C) groups is 1. The van der Waals surface area contributed by atoms with Crippen LogP contribution >= 0.6 is 22.9 Å². The maximum Gasteiger partial charge on any atom is 0.338 e. The van der Waals surface area contributed by atoms with E-state index >= 15 is 0 Å². The molecule has 1 aliphatic carbocycles. The second-order valence-electron chi connectivity index (χ2n) is 8.99. The van der Waals surface area contributed by atoms with Crippen LogP contribution in [0.15, 0.2) is 40.0 Å². The molecule has 0 radical (unpaired) electrons. The molecule has 1 fully saturated rings. The number of nitrogens with one attached hydrogen (secondary N) is 2. The second-order valence-corrected chi connectivity index (χ2v) is 10.3. The maximum absolute atomic E-state index is 14.5. The molecule has 2 unspecified atom stereocenters. The van der Waals surface area contributed by atoms with E-state index in [1.54, 1.807) is 18.7 Å². The molecule has 0 saturated heterocycles. The summed E-state index contributed by atoms with van der Waals surface area (Å²) in [6.07, 6.45) is 4.15. The molecule has 2 aromatic rings. The van der Waals surface area contributed by atoms with Crippen LogP contribution in [0.4, 0.5) is 8.78 Å². The third-order valence-corrected chi connectivity index (χ3v) is 7.78. The zero-order chi connectivity index (χ0) is 26.5. The highest BCUT2D eigenvalue weighted by atomic mass is 35.5. The summed E-state index contributed by atoms with van der Waals surface area (Å²) in [5, 5.41) is 18.6. The second kappa shape index (κ2) is 12.4. The topological polar surface area (TPSA) is 105 Å². The lowest BCUT2D eigenvalue weighted by Crippen LogP contribution is -2.42. The number of allylic oxidation sites excluding steroid dienone is 1. The summed E-state index contributed by atoms with van der Waals surface area (Å²) in [7, 11) is 2.81. The van der Waals surface area contributed by atoms with E-state index in [9.17, 15) is 18.7 Å². The Bertz CT molecular complexity index is 1170. The number of carbonyl (C=O) groups is 1. The number of thiazole rings is 1. The first kappa shape index (κ1) is 27.6. The molecule has 2 aliphatic rings. The first-order valence-corrected chi connectivity index (χ1v) is 13.2. The fourth-order valence-electron chi connectivity index (χ4n) is 4.79. The van der Waals surface area contributed by atoms with Crippen molar-refractivity contribution in [1.82, 2.24) is 15.6 Å². The third kappa shape index (κ3) is 6.18. The van der Waals surface area contributed by atoms with Gasteiger partial charge in [-0.3, -0.25) is 4.99 Å². The summed E-state index contributed by atoms with van der Waals surface area (Å²) in [6.45, 7) is 0.684. The molecule has 2 atom stereocenters. The Balaban J connectivity index is 1.67. The lowest BCUT2D eigenvalue weighted by Gasteiger charge is -2.35. The lowest BCUT2D eigenvalue weighted by atomic mass is 9.80. The highest BCUT2D eigenvalue weighted by molar-refractivity contribution is 7.11. The van der Waals surface area contributed by atoms with Gasteiger partial charge in [-0.05, 0) is 37.7 Å². The zero-order valence-corrected chi connectivity index (χ0v) is 22.0. The molecule has 4 rings (SSSR count). The van der Waals surface area contributed by atoms with Crippen molar-refractivity contribution in [3.05, 3.63) is 62.2 Å². The summed E-state index contributed by atoms with van der Waals surface area (Å²) in [4.78, 5) is 22.1. The summed E-state index contributed by atoms with van der Waals surface area (Å²) in [6, 6.07) is 1.51. The van der Waals surface area contributed by atoms with E-state index in [2.05, 4.69) is 20.6 Å². The van der Waals surface area contributed by atoms with E-state index in [0.717, 1.165) is 31.7 Å². The number of aromatic nitrogens is 1. The molecule has 3 N–H and O–H groups in total. The van der Waals surface area contributed by atoms with Gasteiger partial charge in [0.2, 0.25) is 0 Å². The van der Waals surface area contributed by atoms with Gasteiger partial charge in [-0.25, -0.2) is 18.6 Å². The van der Waals surface area contributed by atoms with Gasteiger partial charge in [0, 0.05) is 42.5 Å². The van der Waals surface area contributed by atoms with Crippen LogP contribution in [0.1, 0.15) is 42.3 Å². The van der Waals surface area contributed by atoms with E-state index in [0.29, 0.717) is 23.1 Å². The van der Waals surface area contributed by atoms with Crippen molar-refractivity contribution in [3.63, 3.8) is 0 Å². The van der Waals surface area contributed by atoms with E-state index in [-0.39, 0.29) is 29.7 Å². The first-order valence-electron chi connectivity index (χ1n) is 11.9. The molecule has 37 heavy (non-hydrogen) atoms. The fourth-order valence-corrected chi connectivity index (χ4v) is 5.63. The SMILES string of the molecule is COCC(O)CNC1CCC(C2=C(C(=O)OC)C(c3ccc(F)c(F)c3Cl)N=C(c3nccs3)N2)CC1. The first-order chi connectivity index (χ1) is 17.8. The van der Waals surface area contributed by atoms with Crippen molar-refractivity contribution in [2.45, 2.75) is 43.9 Å². The molecule has 0 spiro atoms. The van der Waals surface area contributed by atoms with E-state index in [1.807, 2.05) is 0 Å². The van der Waals surface area contributed by atoms with Crippen molar-refractivity contribution in [2.75, 3.05) is 27.4 Å². The highest BCUT2D eigenvalue weighted by Gasteiger charge is 2.38. The van der Waals surface area contributed by atoms with Crippen LogP contribution in [0.25, 0.3) is 0 Å². The fraction of sp³-hybridized carbons (Fsp3) is 0.480. The molecular weight excluding hydrogens is 526 g/mol. The van der Waals surface area contributed by atoms with Crippen LogP contribution in [0.2, 0.25) is 5.02 Å². The van der Waals surface area contributed by atoms with Crippen LogP contribution in [0.5, 0.6) is 0 Å². The number of halogens is 3. The van der Waals surface area contributed by atoms with Crippen molar-refractivity contribution in [3.8, 4) is 0 Å². The van der Waals surface area contributed by atoms with Gasteiger partial charge in [0.1, 0.15) is 6.04 Å². The molecule has 12 heteroatoms. The number of benzene rings is 1. The highest BCUT2D eigenvalue weighted by Crippen LogP contribution is 2.41. The molecule has 1 aromatic heterocycles. The zero-order valence-electron chi connectivity index (χ0n) is 20.5. The quantitative estimate of drug-likeness (QED) is 0.320. The Labute approximate surface area is 222 Å². The van der Waals surface area contributed by atoms with Crippen LogP contribution in [-0.2, 0) is 14.3 Å². The van der Waals surface area contributed by atoms with Crippen LogP contribution in [0, 0.1) is 17.6 Å². The van der Waals surface area contributed by atoms with E-state index < -0.39 is 34.8 Å². The number of aliphatic hydroxyl groups is 1. The van der Waals surface area contributed by atoms with Crippen LogP contribution < -0.4 is 10.6 Å². The van der Waals surface area contributed by atoms with E-state index in [1.165, 1.54) is 24.5 Å². The van der Waals surface area contributed by atoms with Crippen LogP contribution in [0.3, 0.4) is 0 Å². The average molecular weight is 555 g/mol. The Kier molecular flexibility index (Phi) is 9.25. The van der Waals surface area contributed by atoms with Gasteiger partial charge in [0.15, 0.2) is 22.5 Å². The molecule has 1 aromatic carbocycles. The van der Waals surface area contributed by atoms with Gasteiger partial charge in [-0.15, -0.1) is 11.3 Å².